The lowest BCUT2D eigenvalue weighted by atomic mass is 10.1. The van der Waals surface area contributed by atoms with Crippen LogP contribution in [0.1, 0.15) is 22.8 Å². The zero-order valence-corrected chi connectivity index (χ0v) is 14.7. The van der Waals surface area contributed by atoms with Gasteiger partial charge >= 0.3 is 0 Å². The summed E-state index contributed by atoms with van der Waals surface area (Å²) in [5.74, 6) is 0.468. The summed E-state index contributed by atoms with van der Waals surface area (Å²) in [5.41, 5.74) is 2.39. The van der Waals surface area contributed by atoms with E-state index >= 15 is 0 Å². The minimum Gasteiger partial charge on any atom is -0.479 e. The molecule has 0 radical (unpaired) electrons. The molecule has 130 valence electrons. The Labute approximate surface area is 148 Å². The molecule has 2 aromatic carbocycles. The highest BCUT2D eigenvalue weighted by molar-refractivity contribution is 7.83. The zero-order valence-electron chi connectivity index (χ0n) is 13.9. The van der Waals surface area contributed by atoms with E-state index in [0.717, 1.165) is 5.56 Å². The Balaban J connectivity index is 1.76. The second-order valence-electron chi connectivity index (χ2n) is 5.83. The minimum absolute atomic E-state index is 0.226. The summed E-state index contributed by atoms with van der Waals surface area (Å²) in [4.78, 5) is 24.1. The third-order valence-electron chi connectivity index (χ3n) is 3.73. The summed E-state index contributed by atoms with van der Waals surface area (Å²) in [7, 11) is -0.970. The van der Waals surface area contributed by atoms with Crippen LogP contribution in [0.2, 0.25) is 0 Å². The first-order valence-electron chi connectivity index (χ1n) is 7.74. The first-order chi connectivity index (χ1) is 11.9. The van der Waals surface area contributed by atoms with E-state index in [9.17, 15) is 13.8 Å². The third kappa shape index (κ3) is 4.06. The molecule has 2 N–H and O–H groups in total. The van der Waals surface area contributed by atoms with Gasteiger partial charge in [-0.05, 0) is 42.8 Å². The standard InChI is InChI=1S/C18H18N2O4S/c1-11-17(21)20-15-9-14(6-7-16(15)24-11)19-18(22)13-5-3-4-12(8-13)10-25(2)23/h3-9,11H,10H2,1-2H3,(H,19,22)(H,20,21). The van der Waals surface area contributed by atoms with Crippen LogP contribution in [0, 0.1) is 0 Å². The lowest BCUT2D eigenvalue weighted by Crippen LogP contribution is -2.34. The number of rotatable bonds is 4. The minimum atomic E-state index is -0.970. The predicted molar refractivity (Wildman–Crippen MR) is 97.3 cm³/mol. The number of ether oxygens (including phenoxy) is 1. The number of nitrogens with one attached hydrogen (secondary N) is 2. The molecule has 0 aromatic heterocycles. The van der Waals surface area contributed by atoms with Crippen LogP contribution in [0.15, 0.2) is 42.5 Å². The van der Waals surface area contributed by atoms with Gasteiger partial charge in [0.2, 0.25) is 0 Å². The topological polar surface area (TPSA) is 84.5 Å². The molecule has 6 nitrogen and oxygen atoms in total. The number of amides is 2. The van der Waals surface area contributed by atoms with E-state index in [1.165, 1.54) is 0 Å². The summed E-state index contributed by atoms with van der Waals surface area (Å²) in [6.07, 6.45) is 1.08. The van der Waals surface area contributed by atoms with Crippen LogP contribution in [0.3, 0.4) is 0 Å². The fourth-order valence-corrected chi connectivity index (χ4v) is 3.18. The van der Waals surface area contributed by atoms with Gasteiger partial charge in [-0.15, -0.1) is 0 Å². The van der Waals surface area contributed by atoms with Gasteiger partial charge in [0.1, 0.15) is 5.75 Å². The highest BCUT2D eigenvalue weighted by Crippen LogP contribution is 2.32. The van der Waals surface area contributed by atoms with Crippen LogP contribution in [-0.4, -0.2) is 28.4 Å². The van der Waals surface area contributed by atoms with E-state index in [1.807, 2.05) is 6.07 Å². The van der Waals surface area contributed by atoms with E-state index in [2.05, 4.69) is 10.6 Å². The van der Waals surface area contributed by atoms with Crippen molar-refractivity contribution in [2.24, 2.45) is 0 Å². The molecule has 2 unspecified atom stereocenters. The Hall–Kier alpha value is -2.67. The van der Waals surface area contributed by atoms with Gasteiger partial charge < -0.3 is 15.4 Å². The molecule has 2 atom stereocenters. The number of fused-ring (bicyclic) bond motifs is 1. The van der Waals surface area contributed by atoms with E-state index in [1.54, 1.807) is 49.6 Å². The average molecular weight is 358 g/mol. The second-order valence-corrected chi connectivity index (χ2v) is 7.27. The molecule has 0 aliphatic carbocycles. The van der Waals surface area contributed by atoms with Crippen LogP contribution in [0.5, 0.6) is 5.75 Å². The molecule has 0 spiro atoms. The van der Waals surface area contributed by atoms with Gasteiger partial charge in [0.25, 0.3) is 11.8 Å². The molecular formula is C18H18N2O4S. The van der Waals surface area contributed by atoms with Crippen molar-refractivity contribution in [3.05, 3.63) is 53.6 Å². The van der Waals surface area contributed by atoms with Gasteiger partial charge in [-0.3, -0.25) is 13.8 Å². The molecular weight excluding hydrogens is 340 g/mol. The monoisotopic (exact) mass is 358 g/mol. The van der Waals surface area contributed by atoms with Gasteiger partial charge in [-0.2, -0.15) is 0 Å². The summed E-state index contributed by atoms with van der Waals surface area (Å²) in [6, 6.07) is 12.1. The lowest BCUT2D eigenvalue weighted by Gasteiger charge is -2.23. The maximum absolute atomic E-state index is 12.4. The molecule has 2 aromatic rings. The van der Waals surface area contributed by atoms with Crippen molar-refractivity contribution >= 4 is 34.0 Å². The molecule has 0 fully saturated rings. The fourth-order valence-electron chi connectivity index (χ4n) is 2.53. The number of anilines is 2. The van der Waals surface area contributed by atoms with E-state index in [-0.39, 0.29) is 11.8 Å². The second kappa shape index (κ2) is 7.06. The van der Waals surface area contributed by atoms with Gasteiger partial charge in [0.05, 0.1) is 5.69 Å². The average Bonchev–Trinajstić information content (AvgIpc) is 2.56. The summed E-state index contributed by atoms with van der Waals surface area (Å²) < 4.78 is 16.8. The summed E-state index contributed by atoms with van der Waals surface area (Å²) >= 11 is 0. The maximum atomic E-state index is 12.4. The van der Waals surface area contributed by atoms with Gasteiger partial charge in [0.15, 0.2) is 6.10 Å². The van der Waals surface area contributed by atoms with Crippen LogP contribution in [0.25, 0.3) is 0 Å². The smallest absolute Gasteiger partial charge is 0.265 e. The Kier molecular flexibility index (Phi) is 4.85. The molecule has 0 bridgehead atoms. The molecule has 0 saturated carbocycles. The zero-order chi connectivity index (χ0) is 18.0. The van der Waals surface area contributed by atoms with Crippen molar-refractivity contribution in [1.29, 1.82) is 0 Å². The van der Waals surface area contributed by atoms with Crippen LogP contribution < -0.4 is 15.4 Å². The Morgan fingerprint density at radius 3 is 2.84 bits per heavy atom. The van der Waals surface area contributed by atoms with Gasteiger partial charge in [0, 0.05) is 34.1 Å². The van der Waals surface area contributed by atoms with Crippen molar-refractivity contribution in [2.75, 3.05) is 16.9 Å². The SMILES string of the molecule is CC1Oc2ccc(NC(=O)c3cccc(CS(C)=O)c3)cc2NC1=O. The molecule has 7 heteroatoms. The largest absolute Gasteiger partial charge is 0.479 e. The van der Waals surface area contributed by atoms with Gasteiger partial charge in [-0.1, -0.05) is 12.1 Å². The molecule has 1 heterocycles. The van der Waals surface area contributed by atoms with Crippen molar-refractivity contribution in [1.82, 2.24) is 0 Å². The molecule has 3 rings (SSSR count). The fraction of sp³-hybridized carbons (Fsp3) is 0.222. The van der Waals surface area contributed by atoms with Crippen LogP contribution in [-0.2, 0) is 21.3 Å². The first-order valence-corrected chi connectivity index (χ1v) is 9.47. The molecule has 1 aliphatic heterocycles. The first kappa shape index (κ1) is 17.2. The number of hydrogen-bond donors (Lipinski definition) is 2. The van der Waals surface area contributed by atoms with Crippen LogP contribution >= 0.6 is 0 Å². The third-order valence-corrected chi connectivity index (χ3v) is 4.47. The molecule has 25 heavy (non-hydrogen) atoms. The normalized spacial score (nSPS) is 17.0. The highest BCUT2D eigenvalue weighted by Gasteiger charge is 2.23. The summed E-state index contributed by atoms with van der Waals surface area (Å²) in [5, 5.41) is 5.54. The maximum Gasteiger partial charge on any atom is 0.265 e. The van der Waals surface area contributed by atoms with Gasteiger partial charge in [-0.25, -0.2) is 0 Å². The van der Waals surface area contributed by atoms with Crippen molar-refractivity contribution in [2.45, 2.75) is 18.8 Å². The Bertz CT molecular complexity index is 866. The number of carbonyl (C=O) groups excluding carboxylic acids is 2. The molecule has 2 amide bonds. The number of carbonyl (C=O) groups is 2. The quantitative estimate of drug-likeness (QED) is 0.880. The number of hydrogen-bond acceptors (Lipinski definition) is 4. The van der Waals surface area contributed by atoms with Crippen LogP contribution in [0.4, 0.5) is 11.4 Å². The van der Waals surface area contributed by atoms with E-state index in [4.69, 9.17) is 4.74 Å². The van der Waals surface area contributed by atoms with Crippen molar-refractivity contribution in [3.63, 3.8) is 0 Å². The molecule has 0 saturated heterocycles. The Morgan fingerprint density at radius 1 is 1.28 bits per heavy atom. The van der Waals surface area contributed by atoms with E-state index < -0.39 is 16.9 Å². The van der Waals surface area contributed by atoms with E-state index in [0.29, 0.717) is 28.4 Å². The number of benzene rings is 2. The highest BCUT2D eigenvalue weighted by atomic mass is 32.2. The lowest BCUT2D eigenvalue weighted by molar-refractivity contribution is -0.122. The van der Waals surface area contributed by atoms with Crippen molar-refractivity contribution in [3.8, 4) is 5.75 Å². The molecule has 1 aliphatic rings. The summed E-state index contributed by atoms with van der Waals surface area (Å²) in [6.45, 7) is 1.67. The van der Waals surface area contributed by atoms with Crippen molar-refractivity contribution < 1.29 is 18.5 Å². The predicted octanol–water partition coefficient (Wildman–Crippen LogP) is 2.54. The Morgan fingerprint density at radius 2 is 2.08 bits per heavy atom.